The van der Waals surface area contributed by atoms with E-state index in [1.807, 2.05) is 6.08 Å². The molecular weight excluding hydrogens is 543 g/mol. The summed E-state index contributed by atoms with van der Waals surface area (Å²) in [5.74, 6) is 0. The van der Waals surface area contributed by atoms with E-state index in [-0.39, 0.29) is 10.9 Å². The van der Waals surface area contributed by atoms with Crippen molar-refractivity contribution in [3.05, 3.63) is 35.1 Å². The Bertz CT molecular complexity index is 1660. The first-order chi connectivity index (χ1) is 18.6. The Balaban J connectivity index is 1.45. The quantitative estimate of drug-likeness (QED) is 0.461. The van der Waals surface area contributed by atoms with Crippen LogP contribution in [0.4, 0.5) is 9.18 Å². The van der Waals surface area contributed by atoms with Crippen LogP contribution >= 0.6 is 11.3 Å². The van der Waals surface area contributed by atoms with Gasteiger partial charge in [0.15, 0.2) is 5.01 Å². The lowest BCUT2D eigenvalue weighted by molar-refractivity contribution is 0.176. The van der Waals surface area contributed by atoms with Crippen molar-refractivity contribution in [3.63, 3.8) is 0 Å². The summed E-state index contributed by atoms with van der Waals surface area (Å²) in [7, 11) is -0.662. The Morgan fingerprint density at radius 1 is 1.28 bits per heavy atom. The molecule has 1 N–H and O–H groups in total. The van der Waals surface area contributed by atoms with Crippen molar-refractivity contribution in [2.45, 2.75) is 48.0 Å². The first kappa shape index (κ1) is 25.8. The van der Waals surface area contributed by atoms with Gasteiger partial charge in [-0.1, -0.05) is 17.4 Å². The molecule has 0 atom stereocenters. The molecule has 2 saturated carbocycles. The van der Waals surface area contributed by atoms with Crippen LogP contribution in [0.1, 0.15) is 42.7 Å². The summed E-state index contributed by atoms with van der Waals surface area (Å²) in [5, 5.41) is 19.3. The monoisotopic (exact) mass is 570 g/mol. The summed E-state index contributed by atoms with van der Waals surface area (Å²) in [6.07, 6.45) is 7.89. The molecule has 0 spiro atoms. The summed E-state index contributed by atoms with van der Waals surface area (Å²) in [4.78, 5) is 20.3. The average Bonchev–Trinajstić information content (AvgIpc) is 3.79. The number of imidazole rings is 1. The molecule has 1 aliphatic heterocycles. The molecule has 3 aromatic rings. The van der Waals surface area contributed by atoms with Crippen molar-refractivity contribution in [2.24, 2.45) is 0 Å². The van der Waals surface area contributed by atoms with Crippen LogP contribution in [0.3, 0.4) is 0 Å². The van der Waals surface area contributed by atoms with Crippen LogP contribution in [0.2, 0.25) is 0 Å². The van der Waals surface area contributed by atoms with Crippen LogP contribution < -0.4 is 4.72 Å². The van der Waals surface area contributed by atoms with E-state index in [4.69, 9.17) is 0 Å². The van der Waals surface area contributed by atoms with Gasteiger partial charge in [-0.25, -0.2) is 27.3 Å². The fourth-order valence-electron chi connectivity index (χ4n) is 4.75. The van der Waals surface area contributed by atoms with Crippen LogP contribution in [0.5, 0.6) is 0 Å². The molecule has 0 bridgehead atoms. The summed E-state index contributed by atoms with van der Waals surface area (Å²) in [6, 6.07) is 3.79. The van der Waals surface area contributed by atoms with Gasteiger partial charge in [-0.15, -0.1) is 10.2 Å². The lowest BCUT2D eigenvalue weighted by Crippen LogP contribution is -2.41. The molecular formula is C25H27FN8O3S2. The number of carbonyl (C=O) groups is 1. The molecule has 204 valence electrons. The van der Waals surface area contributed by atoms with Gasteiger partial charge >= 0.3 is 6.03 Å². The summed E-state index contributed by atoms with van der Waals surface area (Å²) >= 11 is 1.30. The number of hydrogen-bond acceptors (Lipinski definition) is 8. The Labute approximate surface area is 229 Å². The maximum Gasteiger partial charge on any atom is 0.319 e. The van der Waals surface area contributed by atoms with Gasteiger partial charge in [-0.3, -0.25) is 4.40 Å². The van der Waals surface area contributed by atoms with Crippen LogP contribution in [-0.2, 0) is 15.4 Å². The van der Waals surface area contributed by atoms with Crippen molar-refractivity contribution in [2.75, 3.05) is 33.9 Å². The lowest BCUT2D eigenvalue weighted by atomic mass is 10.0. The van der Waals surface area contributed by atoms with Crippen molar-refractivity contribution in [3.8, 4) is 16.8 Å². The van der Waals surface area contributed by atoms with Crippen LogP contribution in [0.25, 0.3) is 21.9 Å². The molecule has 3 aliphatic rings. The van der Waals surface area contributed by atoms with E-state index in [0.717, 1.165) is 18.4 Å². The number of aromatic nitrogens is 4. The number of nitrogens with one attached hydrogen (secondary N) is 1. The average molecular weight is 571 g/mol. The van der Waals surface area contributed by atoms with E-state index in [0.29, 0.717) is 59.3 Å². The van der Waals surface area contributed by atoms with Crippen LogP contribution in [0, 0.1) is 11.3 Å². The minimum Gasteiger partial charge on any atom is -0.331 e. The number of pyridine rings is 1. The molecule has 0 unspecified atom stereocenters. The Kier molecular flexibility index (Phi) is 6.01. The molecule has 0 radical (unpaired) electrons. The molecule has 4 heterocycles. The van der Waals surface area contributed by atoms with E-state index in [1.54, 1.807) is 35.7 Å². The Hall–Kier alpha value is -3.41. The molecule has 2 amide bonds. The summed E-state index contributed by atoms with van der Waals surface area (Å²) in [6.45, 7) is 0.0772. The highest BCUT2D eigenvalue weighted by atomic mass is 32.2. The van der Waals surface area contributed by atoms with Crippen LogP contribution in [-0.4, -0.2) is 83.2 Å². The third kappa shape index (κ3) is 4.48. The second-order valence-electron chi connectivity index (χ2n) is 10.7. The molecule has 11 nitrogen and oxygen atoms in total. The van der Waals surface area contributed by atoms with E-state index in [1.165, 1.54) is 22.4 Å². The van der Waals surface area contributed by atoms with Crippen molar-refractivity contribution >= 4 is 38.6 Å². The molecule has 39 heavy (non-hydrogen) atoms. The standard InChI is InChI=1S/C25H27FN8O3S2/c1-32(2)23(35)33-9-3-16(4-10-33)18-11-17(39(36,37)31-25(14-26)7-8-25)13-34-19(12-28-20(18)34)21-29-30-22(38-21)24(15-27)5-6-24/h3,11-13,31H,4-10,14H2,1-2H3. The van der Waals surface area contributed by atoms with Gasteiger partial charge < -0.3 is 9.80 Å². The zero-order valence-electron chi connectivity index (χ0n) is 21.5. The number of nitriles is 1. The summed E-state index contributed by atoms with van der Waals surface area (Å²) in [5.41, 5.74) is 0.927. The zero-order valence-corrected chi connectivity index (χ0v) is 23.1. The number of alkyl halides is 1. The Morgan fingerprint density at radius 2 is 2.05 bits per heavy atom. The van der Waals surface area contributed by atoms with Gasteiger partial charge in [0.25, 0.3) is 0 Å². The molecule has 3 aromatic heterocycles. The third-order valence-corrected chi connectivity index (χ3v) is 10.3. The maximum absolute atomic E-state index is 13.6. The van der Waals surface area contributed by atoms with E-state index >= 15 is 0 Å². The second-order valence-corrected chi connectivity index (χ2v) is 13.3. The first-order valence-corrected chi connectivity index (χ1v) is 14.9. The highest BCUT2D eigenvalue weighted by Crippen LogP contribution is 2.49. The predicted molar refractivity (Wildman–Crippen MR) is 142 cm³/mol. The number of nitrogens with zero attached hydrogens (tertiary/aromatic N) is 7. The van der Waals surface area contributed by atoms with Gasteiger partial charge in [0.2, 0.25) is 10.0 Å². The molecule has 0 aromatic carbocycles. The van der Waals surface area contributed by atoms with Crippen LogP contribution in [0.15, 0.2) is 29.4 Å². The number of carbonyl (C=O) groups excluding carboxylic acids is 1. The molecule has 0 saturated heterocycles. The first-order valence-electron chi connectivity index (χ1n) is 12.6. The molecule has 6 rings (SSSR count). The number of sulfonamides is 1. The highest BCUT2D eigenvalue weighted by molar-refractivity contribution is 7.89. The van der Waals surface area contributed by atoms with Gasteiger partial charge in [0, 0.05) is 38.9 Å². The van der Waals surface area contributed by atoms with Gasteiger partial charge in [-0.2, -0.15) is 5.26 Å². The van der Waals surface area contributed by atoms with Gasteiger partial charge in [-0.05, 0) is 43.7 Å². The minimum absolute atomic E-state index is 0.0166. The van der Waals surface area contributed by atoms with Crippen molar-refractivity contribution < 1.29 is 17.6 Å². The molecule has 2 fully saturated rings. The number of urea groups is 1. The molecule has 14 heteroatoms. The number of fused-ring (bicyclic) bond motifs is 1. The van der Waals surface area contributed by atoms with Crippen molar-refractivity contribution in [1.82, 2.24) is 34.1 Å². The van der Waals surface area contributed by atoms with E-state index in [2.05, 4.69) is 26.0 Å². The number of rotatable bonds is 7. The second kappa shape index (κ2) is 9.07. The van der Waals surface area contributed by atoms with Crippen molar-refractivity contribution in [1.29, 1.82) is 5.26 Å². The number of halogens is 1. The lowest BCUT2D eigenvalue weighted by Gasteiger charge is -2.29. The fraction of sp³-hybridized carbons (Fsp3) is 0.480. The Morgan fingerprint density at radius 3 is 2.64 bits per heavy atom. The minimum atomic E-state index is -4.06. The zero-order chi connectivity index (χ0) is 27.6. The molecule has 2 aliphatic carbocycles. The normalized spacial score (nSPS) is 19.4. The number of amides is 2. The topological polar surface area (TPSA) is 137 Å². The van der Waals surface area contributed by atoms with Gasteiger partial charge in [0.05, 0.1) is 22.7 Å². The largest absolute Gasteiger partial charge is 0.331 e. The fourth-order valence-corrected chi connectivity index (χ4v) is 7.26. The third-order valence-electron chi connectivity index (χ3n) is 7.58. The van der Waals surface area contributed by atoms with E-state index < -0.39 is 27.7 Å². The number of hydrogen-bond donors (Lipinski definition) is 1. The summed E-state index contributed by atoms with van der Waals surface area (Å²) < 4.78 is 44.7. The highest BCUT2D eigenvalue weighted by Gasteiger charge is 2.48. The SMILES string of the molecule is CN(C)C(=O)N1CC=C(c2cc(S(=O)(=O)NC3(CF)CC3)cn3c(-c4nnc(C5(C#N)CC5)s4)cnc23)CC1. The predicted octanol–water partition coefficient (Wildman–Crippen LogP) is 2.96. The maximum atomic E-state index is 13.6. The van der Waals surface area contributed by atoms with E-state index in [9.17, 15) is 22.9 Å². The smallest absolute Gasteiger partial charge is 0.319 e. The van der Waals surface area contributed by atoms with Gasteiger partial charge in [0.1, 0.15) is 28.4 Å².